The van der Waals surface area contributed by atoms with Gasteiger partial charge in [0.2, 0.25) is 0 Å². The SMILES string of the molecule is CC(C)OCCCCNC(=O)c1cccnc1N. The molecule has 0 fully saturated rings. The first-order valence-electron chi connectivity index (χ1n) is 6.21. The molecule has 0 atom stereocenters. The maximum absolute atomic E-state index is 11.7. The summed E-state index contributed by atoms with van der Waals surface area (Å²) in [5.41, 5.74) is 6.04. The van der Waals surface area contributed by atoms with Crippen LogP contribution in [-0.4, -0.2) is 30.1 Å². The number of carbonyl (C=O) groups is 1. The van der Waals surface area contributed by atoms with Crippen molar-refractivity contribution in [1.82, 2.24) is 10.3 Å². The van der Waals surface area contributed by atoms with Crippen molar-refractivity contribution in [3.8, 4) is 0 Å². The summed E-state index contributed by atoms with van der Waals surface area (Å²) < 4.78 is 5.41. The van der Waals surface area contributed by atoms with E-state index in [9.17, 15) is 4.79 Å². The predicted octanol–water partition coefficient (Wildman–Crippen LogP) is 1.60. The quantitative estimate of drug-likeness (QED) is 0.722. The van der Waals surface area contributed by atoms with Crippen LogP contribution in [-0.2, 0) is 4.74 Å². The minimum atomic E-state index is -0.176. The Morgan fingerprint density at radius 3 is 2.94 bits per heavy atom. The lowest BCUT2D eigenvalue weighted by Crippen LogP contribution is -2.25. The molecule has 1 amide bonds. The summed E-state index contributed by atoms with van der Waals surface area (Å²) in [5.74, 6) is 0.0866. The number of nitrogens with one attached hydrogen (secondary N) is 1. The molecule has 0 aliphatic rings. The largest absolute Gasteiger partial charge is 0.383 e. The van der Waals surface area contributed by atoms with Gasteiger partial charge in [0.15, 0.2) is 0 Å². The normalized spacial score (nSPS) is 10.6. The zero-order valence-electron chi connectivity index (χ0n) is 11.0. The first-order valence-corrected chi connectivity index (χ1v) is 6.21. The van der Waals surface area contributed by atoms with E-state index in [2.05, 4.69) is 10.3 Å². The van der Waals surface area contributed by atoms with Gasteiger partial charge in [-0.2, -0.15) is 0 Å². The molecule has 1 rings (SSSR count). The molecule has 0 bridgehead atoms. The molecular weight excluding hydrogens is 230 g/mol. The zero-order valence-corrected chi connectivity index (χ0v) is 11.0. The monoisotopic (exact) mass is 251 g/mol. The standard InChI is InChI=1S/C13H21N3O2/c1-10(2)18-9-4-3-7-16-13(17)11-6-5-8-15-12(11)14/h5-6,8,10H,3-4,7,9H2,1-2H3,(H2,14,15)(H,16,17). The molecule has 0 saturated carbocycles. The zero-order chi connectivity index (χ0) is 13.4. The second kappa shape index (κ2) is 7.66. The molecule has 5 nitrogen and oxygen atoms in total. The first-order chi connectivity index (χ1) is 8.61. The van der Waals surface area contributed by atoms with E-state index < -0.39 is 0 Å². The van der Waals surface area contributed by atoms with Crippen molar-refractivity contribution in [2.75, 3.05) is 18.9 Å². The van der Waals surface area contributed by atoms with Crippen molar-refractivity contribution < 1.29 is 9.53 Å². The van der Waals surface area contributed by atoms with Crippen LogP contribution in [0.1, 0.15) is 37.0 Å². The molecule has 1 aromatic heterocycles. The van der Waals surface area contributed by atoms with Crippen LogP contribution in [0.15, 0.2) is 18.3 Å². The van der Waals surface area contributed by atoms with Crippen molar-refractivity contribution in [2.45, 2.75) is 32.8 Å². The van der Waals surface area contributed by atoms with E-state index >= 15 is 0 Å². The Balaban J connectivity index is 2.20. The highest BCUT2D eigenvalue weighted by Gasteiger charge is 2.08. The van der Waals surface area contributed by atoms with Gasteiger partial charge in [0.1, 0.15) is 5.82 Å². The van der Waals surface area contributed by atoms with Crippen molar-refractivity contribution in [3.05, 3.63) is 23.9 Å². The van der Waals surface area contributed by atoms with Crippen LogP contribution < -0.4 is 11.1 Å². The number of ether oxygens (including phenoxy) is 1. The third kappa shape index (κ3) is 5.14. The van der Waals surface area contributed by atoms with Gasteiger partial charge in [-0.15, -0.1) is 0 Å². The van der Waals surface area contributed by atoms with E-state index in [0.29, 0.717) is 12.1 Å². The third-order valence-corrected chi connectivity index (χ3v) is 2.39. The van der Waals surface area contributed by atoms with Gasteiger partial charge in [0.25, 0.3) is 5.91 Å². The van der Waals surface area contributed by atoms with Crippen LogP contribution in [0.25, 0.3) is 0 Å². The molecule has 1 heterocycles. The molecule has 5 heteroatoms. The molecule has 0 aliphatic heterocycles. The number of rotatable bonds is 7. The van der Waals surface area contributed by atoms with Crippen LogP contribution in [0.4, 0.5) is 5.82 Å². The number of nitrogens with zero attached hydrogens (tertiary/aromatic N) is 1. The summed E-state index contributed by atoms with van der Waals surface area (Å²) in [7, 11) is 0. The third-order valence-electron chi connectivity index (χ3n) is 2.39. The van der Waals surface area contributed by atoms with Gasteiger partial charge in [0, 0.05) is 19.3 Å². The lowest BCUT2D eigenvalue weighted by molar-refractivity contribution is 0.0754. The summed E-state index contributed by atoms with van der Waals surface area (Å²) in [5, 5.41) is 2.81. The number of carbonyl (C=O) groups excluding carboxylic acids is 1. The van der Waals surface area contributed by atoms with E-state index in [0.717, 1.165) is 19.4 Å². The second-order valence-electron chi connectivity index (χ2n) is 4.32. The highest BCUT2D eigenvalue weighted by Crippen LogP contribution is 2.06. The number of pyridine rings is 1. The molecule has 18 heavy (non-hydrogen) atoms. The molecule has 0 aliphatic carbocycles. The fraction of sp³-hybridized carbons (Fsp3) is 0.538. The second-order valence-corrected chi connectivity index (χ2v) is 4.32. The summed E-state index contributed by atoms with van der Waals surface area (Å²) in [6.45, 7) is 5.36. The number of nitrogen functional groups attached to an aromatic ring is 1. The Morgan fingerprint density at radius 2 is 2.28 bits per heavy atom. The molecule has 1 aromatic rings. The molecular formula is C13H21N3O2. The topological polar surface area (TPSA) is 77.2 Å². The highest BCUT2D eigenvalue weighted by atomic mass is 16.5. The Morgan fingerprint density at radius 1 is 1.50 bits per heavy atom. The lowest BCUT2D eigenvalue weighted by Gasteiger charge is -2.08. The minimum Gasteiger partial charge on any atom is -0.383 e. The number of nitrogens with two attached hydrogens (primary N) is 1. The van der Waals surface area contributed by atoms with Gasteiger partial charge in [-0.25, -0.2) is 4.98 Å². The van der Waals surface area contributed by atoms with Crippen LogP contribution in [0, 0.1) is 0 Å². The van der Waals surface area contributed by atoms with Gasteiger partial charge < -0.3 is 15.8 Å². The number of anilines is 1. The number of hydrogen-bond acceptors (Lipinski definition) is 4. The summed E-state index contributed by atoms with van der Waals surface area (Å²) >= 11 is 0. The molecule has 0 saturated heterocycles. The van der Waals surface area contributed by atoms with Gasteiger partial charge in [-0.05, 0) is 38.8 Å². The molecule has 0 aromatic carbocycles. The molecule has 3 N–H and O–H groups in total. The Hall–Kier alpha value is -1.62. The fourth-order valence-corrected chi connectivity index (χ4v) is 1.45. The van der Waals surface area contributed by atoms with E-state index in [-0.39, 0.29) is 17.8 Å². The van der Waals surface area contributed by atoms with Crippen LogP contribution >= 0.6 is 0 Å². The van der Waals surface area contributed by atoms with E-state index in [1.54, 1.807) is 18.3 Å². The lowest BCUT2D eigenvalue weighted by atomic mass is 10.2. The molecule has 100 valence electrons. The molecule has 0 radical (unpaired) electrons. The Labute approximate surface area is 108 Å². The minimum absolute atomic E-state index is 0.176. The van der Waals surface area contributed by atoms with Crippen LogP contribution in [0.2, 0.25) is 0 Å². The smallest absolute Gasteiger partial charge is 0.255 e. The van der Waals surface area contributed by atoms with Gasteiger partial charge in [-0.1, -0.05) is 0 Å². The van der Waals surface area contributed by atoms with E-state index in [1.807, 2.05) is 13.8 Å². The Kier molecular flexibility index (Phi) is 6.14. The van der Waals surface area contributed by atoms with Crippen molar-refractivity contribution in [2.24, 2.45) is 0 Å². The average Bonchev–Trinajstić information content (AvgIpc) is 2.33. The number of unbranched alkanes of at least 4 members (excludes halogenated alkanes) is 1. The van der Waals surface area contributed by atoms with E-state index in [1.165, 1.54) is 0 Å². The highest BCUT2D eigenvalue weighted by molar-refractivity contribution is 5.98. The summed E-state index contributed by atoms with van der Waals surface area (Å²) in [4.78, 5) is 15.6. The summed E-state index contributed by atoms with van der Waals surface area (Å²) in [6, 6.07) is 3.36. The summed E-state index contributed by atoms with van der Waals surface area (Å²) in [6.07, 6.45) is 3.64. The first kappa shape index (κ1) is 14.4. The molecule has 0 spiro atoms. The van der Waals surface area contributed by atoms with Crippen molar-refractivity contribution in [1.29, 1.82) is 0 Å². The van der Waals surface area contributed by atoms with Gasteiger partial charge in [0.05, 0.1) is 11.7 Å². The molecule has 0 unspecified atom stereocenters. The van der Waals surface area contributed by atoms with Gasteiger partial charge in [-0.3, -0.25) is 4.79 Å². The number of aromatic nitrogens is 1. The Bertz CT molecular complexity index is 380. The van der Waals surface area contributed by atoms with Crippen LogP contribution in [0.3, 0.4) is 0 Å². The number of hydrogen-bond donors (Lipinski definition) is 2. The fourth-order valence-electron chi connectivity index (χ4n) is 1.45. The predicted molar refractivity (Wildman–Crippen MR) is 71.3 cm³/mol. The van der Waals surface area contributed by atoms with E-state index in [4.69, 9.17) is 10.5 Å². The maximum atomic E-state index is 11.7. The van der Waals surface area contributed by atoms with Gasteiger partial charge >= 0.3 is 0 Å². The average molecular weight is 251 g/mol. The maximum Gasteiger partial charge on any atom is 0.255 e. The van der Waals surface area contributed by atoms with Crippen LogP contribution in [0.5, 0.6) is 0 Å². The van der Waals surface area contributed by atoms with Crippen molar-refractivity contribution >= 4 is 11.7 Å². The number of amides is 1. The van der Waals surface area contributed by atoms with Crippen molar-refractivity contribution in [3.63, 3.8) is 0 Å².